The van der Waals surface area contributed by atoms with Crippen LogP contribution in [0.2, 0.25) is 0 Å². The standard InChI is InChI=1S/C25H42N2O3.C2HF3O2/c1-2-3-4-5-6-7-8-9-10-14-19-26-20-17-24(28)27(21-18-25(29)30)22-23-15-12-11-13-16-23;3-2(4,5)1(6)7/h11-13,15-16,26H,2-10,14,17-22H2,1H3,(H,29,30);(H,6,7). The molecule has 10 heteroatoms. The number of unbranched alkanes of at least 4 members (excludes halogenated alkanes) is 9. The lowest BCUT2D eigenvalue weighted by Gasteiger charge is -2.22. The fourth-order valence-corrected chi connectivity index (χ4v) is 3.63. The lowest BCUT2D eigenvalue weighted by molar-refractivity contribution is -0.654. The Morgan fingerprint density at radius 3 is 1.86 bits per heavy atom. The molecule has 3 N–H and O–H groups in total. The first-order valence-electron chi connectivity index (χ1n) is 13.2. The molecule has 0 atom stereocenters. The number of hydrogen-bond donors (Lipinski definition) is 2. The number of carbonyl (C=O) groups is 3. The summed E-state index contributed by atoms with van der Waals surface area (Å²) < 4.78 is 31.5. The maximum absolute atomic E-state index is 12.6. The number of alkyl halides is 3. The van der Waals surface area contributed by atoms with Crippen LogP contribution in [0.15, 0.2) is 30.3 Å². The van der Waals surface area contributed by atoms with Gasteiger partial charge in [-0.05, 0) is 18.4 Å². The molecule has 0 heterocycles. The Balaban J connectivity index is 0.00000161. The number of halogens is 3. The molecule has 0 spiro atoms. The fraction of sp³-hybridized carbons (Fsp3) is 0.667. The van der Waals surface area contributed by atoms with Crippen molar-refractivity contribution in [2.75, 3.05) is 19.6 Å². The zero-order chi connectivity index (χ0) is 27.9. The van der Waals surface area contributed by atoms with Crippen molar-refractivity contribution in [1.29, 1.82) is 0 Å². The van der Waals surface area contributed by atoms with Crippen molar-refractivity contribution in [1.82, 2.24) is 4.90 Å². The van der Waals surface area contributed by atoms with Crippen LogP contribution in [0, 0.1) is 0 Å². The Bertz CT molecular complexity index is 745. The molecule has 1 aromatic carbocycles. The van der Waals surface area contributed by atoms with E-state index in [2.05, 4.69) is 12.2 Å². The quantitative estimate of drug-likeness (QED) is 0.264. The number of carboxylic acid groups (broad SMARTS) is 2. The molecule has 212 valence electrons. The van der Waals surface area contributed by atoms with E-state index < -0.39 is 18.1 Å². The van der Waals surface area contributed by atoms with Gasteiger partial charge in [0, 0.05) is 13.1 Å². The Labute approximate surface area is 218 Å². The molecule has 0 fully saturated rings. The second-order valence-corrected chi connectivity index (χ2v) is 9.03. The minimum Gasteiger partial charge on any atom is -0.542 e. The highest BCUT2D eigenvalue weighted by Crippen LogP contribution is 2.12. The summed E-state index contributed by atoms with van der Waals surface area (Å²) in [6.07, 6.45) is 8.64. The molecule has 0 saturated heterocycles. The maximum Gasteiger partial charge on any atom is 0.430 e. The van der Waals surface area contributed by atoms with E-state index in [-0.39, 0.29) is 18.9 Å². The number of quaternary nitrogens is 1. The van der Waals surface area contributed by atoms with Gasteiger partial charge in [-0.25, -0.2) is 0 Å². The van der Waals surface area contributed by atoms with Crippen molar-refractivity contribution in [2.45, 2.75) is 96.7 Å². The minimum absolute atomic E-state index is 0.0130. The van der Waals surface area contributed by atoms with E-state index >= 15 is 0 Å². The zero-order valence-electron chi connectivity index (χ0n) is 21.9. The highest BCUT2D eigenvalue weighted by atomic mass is 19.4. The number of benzene rings is 1. The van der Waals surface area contributed by atoms with Gasteiger partial charge >= 0.3 is 12.1 Å². The Kier molecular flexibility index (Phi) is 19.9. The molecule has 0 unspecified atom stereocenters. The van der Waals surface area contributed by atoms with Crippen LogP contribution in [0.3, 0.4) is 0 Å². The van der Waals surface area contributed by atoms with E-state index in [9.17, 15) is 22.8 Å². The number of rotatable bonds is 19. The molecule has 37 heavy (non-hydrogen) atoms. The van der Waals surface area contributed by atoms with Gasteiger partial charge in [-0.2, -0.15) is 13.2 Å². The van der Waals surface area contributed by atoms with Gasteiger partial charge in [0.15, 0.2) is 0 Å². The summed E-state index contributed by atoms with van der Waals surface area (Å²) in [6.45, 7) is 4.84. The Hall–Kier alpha value is -2.62. The van der Waals surface area contributed by atoms with Crippen LogP contribution in [-0.4, -0.2) is 53.7 Å². The number of nitrogens with zero attached hydrogens (tertiary/aromatic N) is 1. The highest BCUT2D eigenvalue weighted by molar-refractivity contribution is 5.77. The minimum atomic E-state index is -5.19. The third-order valence-electron chi connectivity index (χ3n) is 5.72. The summed E-state index contributed by atoms with van der Waals surface area (Å²) in [5.41, 5.74) is 1.03. The molecule has 0 aliphatic rings. The van der Waals surface area contributed by atoms with Crippen LogP contribution in [0.25, 0.3) is 0 Å². The fourth-order valence-electron chi connectivity index (χ4n) is 3.63. The molecular weight excluding hydrogens is 489 g/mol. The van der Waals surface area contributed by atoms with Crippen molar-refractivity contribution >= 4 is 17.8 Å². The van der Waals surface area contributed by atoms with Gasteiger partial charge in [0.05, 0.1) is 25.9 Å². The first-order valence-corrected chi connectivity index (χ1v) is 13.2. The van der Waals surface area contributed by atoms with E-state index in [1.165, 1.54) is 64.2 Å². The van der Waals surface area contributed by atoms with Crippen molar-refractivity contribution in [3.63, 3.8) is 0 Å². The highest BCUT2D eigenvalue weighted by Gasteiger charge is 2.28. The number of carbonyl (C=O) groups excluding carboxylic acids is 2. The van der Waals surface area contributed by atoms with Crippen LogP contribution < -0.4 is 10.4 Å². The van der Waals surface area contributed by atoms with Crippen LogP contribution in [-0.2, 0) is 20.9 Å². The molecule has 0 radical (unpaired) electrons. The summed E-state index contributed by atoms with van der Waals surface area (Å²) in [4.78, 5) is 34.0. The van der Waals surface area contributed by atoms with Gasteiger partial charge in [-0.3, -0.25) is 9.59 Å². The molecule has 0 aliphatic heterocycles. The number of nitrogens with two attached hydrogens (primary N) is 1. The van der Waals surface area contributed by atoms with Crippen LogP contribution in [0.4, 0.5) is 13.2 Å². The number of hydrogen-bond acceptors (Lipinski definition) is 4. The summed E-state index contributed by atoms with van der Waals surface area (Å²) in [6, 6.07) is 9.76. The second kappa shape index (κ2) is 21.5. The molecule has 7 nitrogen and oxygen atoms in total. The molecule has 0 aliphatic carbocycles. The van der Waals surface area contributed by atoms with Crippen molar-refractivity contribution in [3.05, 3.63) is 35.9 Å². The predicted molar refractivity (Wildman–Crippen MR) is 133 cm³/mol. The maximum atomic E-state index is 12.6. The third-order valence-corrected chi connectivity index (χ3v) is 5.72. The molecule has 1 amide bonds. The number of carboxylic acids is 2. The second-order valence-electron chi connectivity index (χ2n) is 9.03. The summed E-state index contributed by atoms with van der Waals surface area (Å²) >= 11 is 0. The topological polar surface area (TPSA) is 114 Å². The molecule has 1 aromatic rings. The first-order chi connectivity index (χ1) is 17.6. The van der Waals surface area contributed by atoms with E-state index in [0.717, 1.165) is 18.7 Å². The Morgan fingerprint density at radius 2 is 1.38 bits per heavy atom. The third kappa shape index (κ3) is 21.2. The van der Waals surface area contributed by atoms with Crippen molar-refractivity contribution < 1.29 is 43.1 Å². The van der Waals surface area contributed by atoms with Crippen LogP contribution in [0.5, 0.6) is 0 Å². The Morgan fingerprint density at radius 1 is 0.865 bits per heavy atom. The number of amides is 1. The molecular formula is C27H43F3N2O5. The van der Waals surface area contributed by atoms with Gasteiger partial charge in [0.25, 0.3) is 0 Å². The molecule has 1 rings (SSSR count). The van der Waals surface area contributed by atoms with E-state index in [0.29, 0.717) is 13.0 Å². The van der Waals surface area contributed by atoms with Gasteiger partial charge in [-0.1, -0.05) is 88.6 Å². The van der Waals surface area contributed by atoms with E-state index in [1.54, 1.807) is 4.90 Å². The number of aliphatic carboxylic acids is 2. The predicted octanol–water partition coefficient (Wildman–Crippen LogP) is 3.66. The summed E-state index contributed by atoms with van der Waals surface area (Å²) in [7, 11) is 0. The zero-order valence-corrected chi connectivity index (χ0v) is 21.9. The smallest absolute Gasteiger partial charge is 0.430 e. The average Bonchev–Trinajstić information content (AvgIpc) is 2.84. The molecule has 0 aromatic heterocycles. The molecule has 0 saturated carbocycles. The van der Waals surface area contributed by atoms with Gasteiger partial charge < -0.3 is 25.2 Å². The van der Waals surface area contributed by atoms with E-state index in [1.807, 2.05) is 30.3 Å². The summed E-state index contributed by atoms with van der Waals surface area (Å²) in [5.74, 6) is -3.83. The summed E-state index contributed by atoms with van der Waals surface area (Å²) in [5, 5.41) is 20.0. The largest absolute Gasteiger partial charge is 0.542 e. The van der Waals surface area contributed by atoms with Crippen molar-refractivity contribution in [2.24, 2.45) is 0 Å². The van der Waals surface area contributed by atoms with E-state index in [4.69, 9.17) is 15.0 Å². The average molecular weight is 533 g/mol. The van der Waals surface area contributed by atoms with Crippen molar-refractivity contribution in [3.8, 4) is 0 Å². The van der Waals surface area contributed by atoms with Crippen LogP contribution in [0.1, 0.15) is 89.5 Å². The van der Waals surface area contributed by atoms with Gasteiger partial charge in [-0.15, -0.1) is 0 Å². The SMILES string of the molecule is CCCCCCCCCCCC[NH2+]CCC(=O)N(CCC(=O)O)Cc1ccccc1.O=C([O-])C(F)(F)F. The monoisotopic (exact) mass is 532 g/mol. The van der Waals surface area contributed by atoms with Gasteiger partial charge in [0.1, 0.15) is 5.97 Å². The lowest BCUT2D eigenvalue weighted by Crippen LogP contribution is -2.84. The lowest BCUT2D eigenvalue weighted by atomic mass is 10.1. The first kappa shape index (κ1) is 34.4. The van der Waals surface area contributed by atoms with Crippen LogP contribution >= 0.6 is 0 Å². The van der Waals surface area contributed by atoms with Gasteiger partial charge in [0.2, 0.25) is 5.91 Å². The molecule has 0 bridgehead atoms. The normalized spacial score (nSPS) is 10.9.